The summed E-state index contributed by atoms with van der Waals surface area (Å²) in [6.07, 6.45) is 0. The molecule has 0 atom stereocenters. The van der Waals surface area contributed by atoms with Crippen LogP contribution < -0.4 is 10.4 Å². The standard InChI is InChI=1S/C13H12ClN5O2S/c1-8-5-3-4-6-10(8)21-7-9-11(14)15-22-12(9)19-13(20)18(2)16-17-19/h3-6H,7H2,1-2H3/i3T. The van der Waals surface area contributed by atoms with Gasteiger partial charge in [-0.15, -0.1) is 4.68 Å². The first kappa shape index (κ1) is 13.5. The fourth-order valence-corrected chi connectivity index (χ4v) is 2.86. The summed E-state index contributed by atoms with van der Waals surface area (Å²) < 4.78 is 19.6. The number of nitrogens with zero attached hydrogens (tertiary/aromatic N) is 5. The molecule has 9 heteroatoms. The average molecular weight is 340 g/mol. The van der Waals surface area contributed by atoms with Gasteiger partial charge in [-0.1, -0.05) is 29.8 Å². The molecule has 0 radical (unpaired) electrons. The Kier molecular flexibility index (Phi) is 3.61. The minimum atomic E-state index is -0.388. The van der Waals surface area contributed by atoms with Gasteiger partial charge in [-0.3, -0.25) is 0 Å². The van der Waals surface area contributed by atoms with Crippen molar-refractivity contribution in [2.24, 2.45) is 7.05 Å². The number of aryl methyl sites for hydroxylation is 2. The second-order valence-corrected chi connectivity index (χ2v) is 5.64. The largest absolute Gasteiger partial charge is 0.488 e. The lowest BCUT2D eigenvalue weighted by Gasteiger charge is -2.08. The van der Waals surface area contributed by atoms with Crippen molar-refractivity contribution in [3.63, 3.8) is 0 Å². The first-order valence-corrected chi connectivity index (χ1v) is 7.46. The van der Waals surface area contributed by atoms with Crippen LogP contribution in [0.4, 0.5) is 0 Å². The van der Waals surface area contributed by atoms with Crippen LogP contribution in [0.1, 0.15) is 12.5 Å². The zero-order valence-corrected chi connectivity index (χ0v) is 13.4. The Bertz CT molecular complexity index is 919. The smallest absolute Gasteiger partial charge is 0.369 e. The van der Waals surface area contributed by atoms with Crippen molar-refractivity contribution in [3.8, 4) is 10.8 Å². The number of rotatable bonds is 4. The van der Waals surface area contributed by atoms with Crippen LogP contribution in [-0.4, -0.2) is 24.2 Å². The molecule has 2 aromatic heterocycles. The molecule has 0 fully saturated rings. The summed E-state index contributed by atoms with van der Waals surface area (Å²) in [7, 11) is 1.51. The molecule has 0 N–H and O–H groups in total. The number of benzene rings is 1. The predicted molar refractivity (Wildman–Crippen MR) is 82.8 cm³/mol. The molecule has 0 saturated heterocycles. The van der Waals surface area contributed by atoms with Gasteiger partial charge in [0, 0.05) is 7.05 Å². The zero-order chi connectivity index (χ0) is 16.6. The third-order valence-corrected chi connectivity index (χ3v) is 4.30. The molecule has 3 aromatic rings. The van der Waals surface area contributed by atoms with Crippen LogP contribution in [0.3, 0.4) is 0 Å². The zero-order valence-electron chi connectivity index (χ0n) is 12.8. The lowest BCUT2D eigenvalue weighted by atomic mass is 10.2. The van der Waals surface area contributed by atoms with Crippen molar-refractivity contribution in [1.82, 2.24) is 24.2 Å². The normalized spacial score (nSPS) is 11.5. The summed E-state index contributed by atoms with van der Waals surface area (Å²) in [6, 6.07) is 5.48. The maximum absolute atomic E-state index is 12.0. The van der Waals surface area contributed by atoms with E-state index in [-0.39, 0.29) is 17.4 Å². The topological polar surface area (TPSA) is 74.8 Å². The highest BCUT2D eigenvalue weighted by atomic mass is 35.5. The summed E-state index contributed by atoms with van der Waals surface area (Å²) in [5.74, 6) is 0.640. The van der Waals surface area contributed by atoms with E-state index in [9.17, 15) is 4.79 Å². The fraction of sp³-hybridized carbons (Fsp3) is 0.231. The summed E-state index contributed by atoms with van der Waals surface area (Å²) in [4.78, 5) is 12.0. The van der Waals surface area contributed by atoms with Gasteiger partial charge in [-0.25, -0.2) is 4.79 Å². The highest BCUT2D eigenvalue weighted by Gasteiger charge is 2.18. The number of ether oxygens (including phenoxy) is 1. The van der Waals surface area contributed by atoms with E-state index in [0.29, 0.717) is 22.4 Å². The molecule has 0 spiro atoms. The molecular weight excluding hydrogens is 326 g/mol. The SMILES string of the molecule is [3H]c1ccc(OCc2c(Cl)nsc2-n2nnn(C)c2=O)c(C)c1. The van der Waals surface area contributed by atoms with E-state index >= 15 is 0 Å². The summed E-state index contributed by atoms with van der Waals surface area (Å²) >= 11 is 7.16. The second kappa shape index (κ2) is 5.90. The molecule has 22 heavy (non-hydrogen) atoms. The van der Waals surface area contributed by atoms with E-state index in [1.165, 1.54) is 7.05 Å². The van der Waals surface area contributed by atoms with Gasteiger partial charge < -0.3 is 4.74 Å². The molecular formula is C13H12ClN5O2S. The van der Waals surface area contributed by atoms with E-state index in [1.807, 2.05) is 6.92 Å². The number of para-hydroxylation sites is 1. The number of halogens is 1. The molecule has 1 aromatic carbocycles. The van der Waals surface area contributed by atoms with Gasteiger partial charge in [0.25, 0.3) is 0 Å². The van der Waals surface area contributed by atoms with Gasteiger partial charge in [-0.05, 0) is 40.5 Å². The maximum atomic E-state index is 12.0. The van der Waals surface area contributed by atoms with Gasteiger partial charge in [0.05, 0.1) is 6.93 Å². The number of tetrazole rings is 1. The van der Waals surface area contributed by atoms with Gasteiger partial charge in [0.1, 0.15) is 12.4 Å². The Morgan fingerprint density at radius 3 is 2.95 bits per heavy atom. The van der Waals surface area contributed by atoms with Crippen molar-refractivity contribution < 1.29 is 6.11 Å². The number of hydrogen-bond acceptors (Lipinski definition) is 6. The number of hydrogen-bond donors (Lipinski definition) is 0. The summed E-state index contributed by atoms with van der Waals surface area (Å²) in [6.45, 7) is 1.99. The van der Waals surface area contributed by atoms with Gasteiger partial charge in [-0.2, -0.15) is 9.06 Å². The molecule has 0 unspecified atom stereocenters. The Balaban J connectivity index is 1.90. The van der Waals surface area contributed by atoms with E-state index < -0.39 is 0 Å². The molecule has 0 saturated carbocycles. The van der Waals surface area contributed by atoms with E-state index in [2.05, 4.69) is 14.8 Å². The van der Waals surface area contributed by atoms with Crippen molar-refractivity contribution >= 4 is 23.1 Å². The van der Waals surface area contributed by atoms with Crippen LogP contribution in [0.2, 0.25) is 5.15 Å². The Labute approximate surface area is 136 Å². The lowest BCUT2D eigenvalue weighted by Crippen LogP contribution is -2.22. The third-order valence-electron chi connectivity index (χ3n) is 3.02. The van der Waals surface area contributed by atoms with Crippen molar-refractivity contribution in [1.29, 1.82) is 0 Å². The van der Waals surface area contributed by atoms with Gasteiger partial charge in [0.15, 0.2) is 10.2 Å². The molecule has 0 aliphatic rings. The monoisotopic (exact) mass is 339 g/mol. The second-order valence-electron chi connectivity index (χ2n) is 4.53. The lowest BCUT2D eigenvalue weighted by molar-refractivity contribution is 0.304. The molecule has 3 rings (SSSR count). The third kappa shape index (κ3) is 2.62. The van der Waals surface area contributed by atoms with Gasteiger partial charge >= 0.3 is 5.69 Å². The Morgan fingerprint density at radius 2 is 2.27 bits per heavy atom. The molecule has 0 amide bonds. The molecule has 0 bridgehead atoms. The molecule has 0 aliphatic carbocycles. The van der Waals surface area contributed by atoms with E-state index in [4.69, 9.17) is 17.7 Å². The van der Waals surface area contributed by atoms with E-state index in [1.54, 1.807) is 18.2 Å². The van der Waals surface area contributed by atoms with Crippen molar-refractivity contribution in [2.45, 2.75) is 13.5 Å². The molecule has 114 valence electrons. The van der Waals surface area contributed by atoms with Crippen LogP contribution in [0.25, 0.3) is 5.00 Å². The minimum Gasteiger partial charge on any atom is -0.488 e. The average Bonchev–Trinajstić information content (AvgIpc) is 3.02. The highest BCUT2D eigenvalue weighted by Crippen LogP contribution is 2.27. The molecule has 2 heterocycles. The van der Waals surface area contributed by atoms with Crippen molar-refractivity contribution in [2.75, 3.05) is 0 Å². The van der Waals surface area contributed by atoms with Crippen LogP contribution >= 0.6 is 23.1 Å². The number of aromatic nitrogens is 5. The first-order valence-electron chi connectivity index (χ1n) is 6.81. The van der Waals surface area contributed by atoms with Gasteiger partial charge in [0.2, 0.25) is 0 Å². The first-order chi connectivity index (χ1) is 11.0. The van der Waals surface area contributed by atoms with Crippen LogP contribution in [0.5, 0.6) is 5.75 Å². The van der Waals surface area contributed by atoms with Crippen LogP contribution in [-0.2, 0) is 13.7 Å². The molecule has 7 nitrogen and oxygen atoms in total. The molecule has 0 aliphatic heterocycles. The highest BCUT2D eigenvalue weighted by molar-refractivity contribution is 7.09. The minimum absolute atomic E-state index is 0.131. The van der Waals surface area contributed by atoms with Crippen LogP contribution in [0, 0.1) is 6.92 Å². The van der Waals surface area contributed by atoms with Crippen molar-refractivity contribution in [3.05, 3.63) is 51.0 Å². The predicted octanol–water partition coefficient (Wildman–Crippen LogP) is 1.96. The fourth-order valence-electron chi connectivity index (χ4n) is 1.82. The Morgan fingerprint density at radius 1 is 1.45 bits per heavy atom. The van der Waals surface area contributed by atoms with E-state index in [0.717, 1.165) is 26.5 Å². The Hall–Kier alpha value is -2.19. The quantitative estimate of drug-likeness (QED) is 0.726. The summed E-state index contributed by atoms with van der Waals surface area (Å²) in [5, 5.41) is 8.20. The summed E-state index contributed by atoms with van der Waals surface area (Å²) in [5.41, 5.74) is 1.02. The maximum Gasteiger partial charge on any atom is 0.369 e. The van der Waals surface area contributed by atoms with Crippen LogP contribution in [0.15, 0.2) is 29.0 Å².